The molecule has 0 aliphatic carbocycles. The van der Waals surface area contributed by atoms with Gasteiger partial charge in [-0.15, -0.1) is 0 Å². The number of aryl methyl sites for hydroxylation is 2. The third-order valence-electron chi connectivity index (χ3n) is 6.38. The van der Waals surface area contributed by atoms with Gasteiger partial charge in [-0.05, 0) is 6.92 Å². The van der Waals surface area contributed by atoms with Crippen molar-refractivity contribution in [3.05, 3.63) is 51.7 Å². The Morgan fingerprint density at radius 3 is 2.84 bits per heavy atom. The van der Waals surface area contributed by atoms with Crippen molar-refractivity contribution in [3.8, 4) is 0 Å². The van der Waals surface area contributed by atoms with E-state index in [1.807, 2.05) is 19.2 Å². The number of nitrogens with one attached hydrogen (secondary N) is 1. The van der Waals surface area contributed by atoms with Crippen molar-refractivity contribution in [1.29, 1.82) is 0 Å². The Morgan fingerprint density at radius 1 is 1.38 bits per heavy atom. The van der Waals surface area contributed by atoms with E-state index < -0.39 is 21.6 Å². The SMILES string of the molecule is CCC[I-]OC(=O)NCC1(CCc2ccc(F)s2)CCN(C(C)(C)c2ccc(C)nc2)C1. The summed E-state index contributed by atoms with van der Waals surface area (Å²) < 4.78 is 19.9. The van der Waals surface area contributed by atoms with Gasteiger partial charge in [-0.1, -0.05) is 0 Å². The zero-order valence-electron chi connectivity index (χ0n) is 19.4. The van der Waals surface area contributed by atoms with Crippen LogP contribution >= 0.6 is 11.3 Å². The fourth-order valence-corrected chi connectivity index (χ4v) is 6.01. The van der Waals surface area contributed by atoms with Gasteiger partial charge in [-0.3, -0.25) is 0 Å². The molecule has 1 amide bonds. The van der Waals surface area contributed by atoms with Gasteiger partial charge < -0.3 is 0 Å². The molecular weight excluding hydrogens is 540 g/mol. The van der Waals surface area contributed by atoms with Crippen LogP contribution in [-0.2, 0) is 15.0 Å². The summed E-state index contributed by atoms with van der Waals surface area (Å²) in [5.74, 6) is 0. The van der Waals surface area contributed by atoms with Crippen LogP contribution in [0.15, 0.2) is 30.5 Å². The van der Waals surface area contributed by atoms with Crippen molar-refractivity contribution in [2.24, 2.45) is 5.41 Å². The summed E-state index contributed by atoms with van der Waals surface area (Å²) in [6.07, 6.45) is 5.41. The zero-order valence-corrected chi connectivity index (χ0v) is 22.4. The van der Waals surface area contributed by atoms with E-state index in [0.29, 0.717) is 6.54 Å². The first kappa shape index (κ1) is 25.4. The van der Waals surface area contributed by atoms with Crippen LogP contribution in [0.25, 0.3) is 0 Å². The number of nitrogens with zero attached hydrogens (tertiary/aromatic N) is 2. The van der Waals surface area contributed by atoms with Crippen LogP contribution in [0.1, 0.15) is 56.2 Å². The number of aromatic nitrogens is 1. The van der Waals surface area contributed by atoms with Gasteiger partial charge in [0, 0.05) is 0 Å². The van der Waals surface area contributed by atoms with Crippen molar-refractivity contribution in [1.82, 2.24) is 15.2 Å². The van der Waals surface area contributed by atoms with Crippen molar-refractivity contribution < 1.29 is 33.9 Å². The van der Waals surface area contributed by atoms with Crippen LogP contribution < -0.4 is 26.9 Å². The summed E-state index contributed by atoms with van der Waals surface area (Å²) >= 11 is 0.685. The molecule has 3 heterocycles. The van der Waals surface area contributed by atoms with E-state index in [4.69, 9.17) is 3.07 Å². The van der Waals surface area contributed by atoms with Crippen LogP contribution in [0.5, 0.6) is 0 Å². The Hall–Kier alpha value is -1.26. The number of pyridine rings is 1. The molecule has 2 aromatic heterocycles. The van der Waals surface area contributed by atoms with Crippen molar-refractivity contribution in [3.63, 3.8) is 0 Å². The minimum absolute atomic E-state index is 0.0715. The summed E-state index contributed by atoms with van der Waals surface area (Å²) in [6.45, 7) is 11.0. The van der Waals surface area contributed by atoms with Crippen LogP contribution in [-0.4, -0.2) is 40.0 Å². The van der Waals surface area contributed by atoms with E-state index in [-0.39, 0.29) is 22.2 Å². The van der Waals surface area contributed by atoms with Crippen molar-refractivity contribution in [2.45, 2.75) is 58.9 Å². The number of thiophene rings is 1. The summed E-state index contributed by atoms with van der Waals surface area (Å²) in [5.41, 5.74) is 1.97. The molecule has 1 unspecified atom stereocenters. The third kappa shape index (κ3) is 6.63. The van der Waals surface area contributed by atoms with Crippen LogP contribution in [0, 0.1) is 17.5 Å². The van der Waals surface area contributed by atoms with E-state index in [9.17, 15) is 9.18 Å². The van der Waals surface area contributed by atoms with Gasteiger partial charge in [0.25, 0.3) is 0 Å². The first-order valence-corrected chi connectivity index (χ1v) is 14.4. The number of amides is 1. The fourth-order valence-electron chi connectivity index (χ4n) is 4.19. The second-order valence-electron chi connectivity index (χ2n) is 9.14. The molecule has 3 rings (SSSR count). The molecule has 5 nitrogen and oxygen atoms in total. The van der Waals surface area contributed by atoms with E-state index in [1.165, 1.54) is 23.0 Å². The van der Waals surface area contributed by atoms with Gasteiger partial charge in [0.05, 0.1) is 0 Å². The first-order chi connectivity index (χ1) is 15.2. The molecule has 1 saturated heterocycles. The predicted octanol–water partition coefficient (Wildman–Crippen LogP) is 2.29. The molecular formula is C24H34FIN3O2S-. The monoisotopic (exact) mass is 574 g/mol. The van der Waals surface area contributed by atoms with Crippen molar-refractivity contribution >= 4 is 17.4 Å². The Kier molecular flexibility index (Phi) is 8.91. The van der Waals surface area contributed by atoms with Crippen LogP contribution in [0.2, 0.25) is 0 Å². The van der Waals surface area contributed by atoms with E-state index in [0.717, 1.165) is 53.8 Å². The first-order valence-electron chi connectivity index (χ1n) is 11.2. The maximum absolute atomic E-state index is 13.5. The van der Waals surface area contributed by atoms with Gasteiger partial charge in [0.2, 0.25) is 0 Å². The third-order valence-corrected chi connectivity index (χ3v) is 9.54. The Labute approximate surface area is 206 Å². The van der Waals surface area contributed by atoms with E-state index in [2.05, 4.69) is 48.1 Å². The molecule has 0 spiro atoms. The second kappa shape index (κ2) is 11.2. The molecule has 1 fully saturated rings. The number of hydrogen-bond donors (Lipinski definition) is 1. The summed E-state index contributed by atoms with van der Waals surface area (Å²) in [5, 5.41) is 2.90. The molecule has 0 saturated carbocycles. The molecule has 178 valence electrons. The number of carbonyl (C=O) groups is 1. The van der Waals surface area contributed by atoms with Gasteiger partial charge >= 0.3 is 200 Å². The number of likely N-dealkylation sites (tertiary alicyclic amines) is 1. The number of halogens is 2. The number of alkyl halides is 1. The fraction of sp³-hybridized carbons (Fsp3) is 0.583. The van der Waals surface area contributed by atoms with Gasteiger partial charge in [0.15, 0.2) is 0 Å². The van der Waals surface area contributed by atoms with Gasteiger partial charge in [-0.25, -0.2) is 0 Å². The predicted molar refractivity (Wildman–Crippen MR) is 123 cm³/mol. The molecule has 0 bridgehead atoms. The normalized spacial score (nSPS) is 19.4. The topological polar surface area (TPSA) is 54.5 Å². The minimum atomic E-state index is -0.531. The Morgan fingerprint density at radius 2 is 2.19 bits per heavy atom. The van der Waals surface area contributed by atoms with Crippen molar-refractivity contribution in [2.75, 3.05) is 24.1 Å². The molecule has 1 aliphatic heterocycles. The van der Waals surface area contributed by atoms with Crippen LogP contribution in [0.3, 0.4) is 0 Å². The molecule has 8 heteroatoms. The quantitative estimate of drug-likeness (QED) is 0.269. The standard InChI is InChI=1S/C24H34FIN3O2S/c1-5-13-26-31-22(30)28-16-24(11-10-20-8-9-21(25)32-20)12-14-29(17-24)23(3,4)19-7-6-18(2)27-15-19/h6-9,15H,5,10-14,16-17H2,1-4H3,(H,28,30)/q-1. The average molecular weight is 575 g/mol. The van der Waals surface area contributed by atoms with E-state index >= 15 is 0 Å². The van der Waals surface area contributed by atoms with Gasteiger partial charge in [-0.2, -0.15) is 0 Å². The average Bonchev–Trinajstić information content (AvgIpc) is 3.39. The molecule has 0 radical (unpaired) electrons. The summed E-state index contributed by atoms with van der Waals surface area (Å²) in [6, 6.07) is 7.62. The molecule has 0 aromatic carbocycles. The Balaban J connectivity index is 1.70. The number of hydrogen-bond acceptors (Lipinski definition) is 5. The summed E-state index contributed by atoms with van der Waals surface area (Å²) in [7, 11) is 0. The molecule has 1 atom stereocenters. The van der Waals surface area contributed by atoms with Gasteiger partial charge in [0.1, 0.15) is 0 Å². The number of rotatable bonds is 10. The zero-order chi connectivity index (χ0) is 23.2. The Bertz CT molecular complexity index is 890. The van der Waals surface area contributed by atoms with Crippen LogP contribution in [0.4, 0.5) is 9.18 Å². The molecule has 1 aliphatic rings. The second-order valence-corrected chi connectivity index (χ2v) is 12.4. The maximum atomic E-state index is 13.5. The summed E-state index contributed by atoms with van der Waals surface area (Å²) in [4.78, 5) is 20.3. The van der Waals surface area contributed by atoms with E-state index in [1.54, 1.807) is 0 Å². The number of carbonyl (C=O) groups excluding carboxylic acids is 1. The molecule has 2 aromatic rings. The molecule has 32 heavy (non-hydrogen) atoms. The molecule has 1 N–H and O–H groups in total.